The van der Waals surface area contributed by atoms with Crippen molar-refractivity contribution in [1.29, 1.82) is 0 Å². The van der Waals surface area contributed by atoms with Gasteiger partial charge in [0, 0.05) is 38.1 Å². The van der Waals surface area contributed by atoms with Gasteiger partial charge in [-0.05, 0) is 49.1 Å². The van der Waals surface area contributed by atoms with Gasteiger partial charge >= 0.3 is 6.03 Å². The van der Waals surface area contributed by atoms with Gasteiger partial charge in [0.25, 0.3) is 0 Å². The lowest BCUT2D eigenvalue weighted by Gasteiger charge is -2.24. The van der Waals surface area contributed by atoms with Gasteiger partial charge in [-0.15, -0.1) is 0 Å². The van der Waals surface area contributed by atoms with Crippen LogP contribution in [-0.4, -0.2) is 31.1 Å². The van der Waals surface area contributed by atoms with E-state index in [9.17, 15) is 4.79 Å². The maximum absolute atomic E-state index is 12.5. The molecule has 0 atom stereocenters. The van der Waals surface area contributed by atoms with E-state index < -0.39 is 0 Å². The number of rotatable bonds is 4. The van der Waals surface area contributed by atoms with Gasteiger partial charge in [-0.25, -0.2) is 4.79 Å². The zero-order chi connectivity index (χ0) is 16.9. The molecule has 1 N–H and O–H groups in total. The van der Waals surface area contributed by atoms with E-state index in [1.54, 1.807) is 4.90 Å². The number of hydrogen-bond acceptors (Lipinski definition) is 2. The highest BCUT2D eigenvalue weighted by molar-refractivity contribution is 5.89. The summed E-state index contributed by atoms with van der Waals surface area (Å²) in [7, 11) is 1.84. The minimum Gasteiger partial charge on any atom is -0.371 e. The second kappa shape index (κ2) is 7.39. The predicted molar refractivity (Wildman–Crippen MR) is 99.6 cm³/mol. The fourth-order valence-electron chi connectivity index (χ4n) is 3.18. The van der Waals surface area contributed by atoms with Crippen molar-refractivity contribution in [2.75, 3.05) is 30.4 Å². The summed E-state index contributed by atoms with van der Waals surface area (Å²) in [5.74, 6) is 0. The van der Waals surface area contributed by atoms with Crippen molar-refractivity contribution in [2.45, 2.75) is 26.3 Å². The number of anilines is 2. The molecule has 0 saturated carbocycles. The van der Waals surface area contributed by atoms with Crippen LogP contribution in [0.2, 0.25) is 0 Å². The molecule has 2 aromatic carbocycles. The number of urea groups is 1. The molecule has 126 valence electrons. The molecule has 24 heavy (non-hydrogen) atoms. The Morgan fingerprint density at radius 3 is 2.62 bits per heavy atom. The highest BCUT2D eigenvalue weighted by Gasteiger charge is 2.17. The fraction of sp³-hybridized carbons (Fsp3) is 0.350. The summed E-state index contributed by atoms with van der Waals surface area (Å²) in [6.07, 6.45) is 2.50. The molecule has 0 radical (unpaired) electrons. The van der Waals surface area contributed by atoms with Crippen LogP contribution in [0.4, 0.5) is 16.2 Å². The number of amides is 2. The van der Waals surface area contributed by atoms with E-state index in [1.807, 2.05) is 44.3 Å². The maximum Gasteiger partial charge on any atom is 0.321 e. The highest BCUT2D eigenvalue weighted by atomic mass is 16.2. The normalized spacial score (nSPS) is 13.8. The van der Waals surface area contributed by atoms with Crippen molar-refractivity contribution in [3.63, 3.8) is 0 Å². The molecule has 1 aliphatic heterocycles. The molecule has 1 aliphatic rings. The Balaban J connectivity index is 1.68. The van der Waals surface area contributed by atoms with Crippen LogP contribution in [0.1, 0.15) is 24.0 Å². The van der Waals surface area contributed by atoms with E-state index in [1.165, 1.54) is 24.1 Å². The van der Waals surface area contributed by atoms with Gasteiger partial charge in [-0.3, -0.25) is 0 Å². The smallest absolute Gasteiger partial charge is 0.321 e. The quantitative estimate of drug-likeness (QED) is 0.912. The fourth-order valence-corrected chi connectivity index (χ4v) is 3.18. The van der Waals surface area contributed by atoms with Crippen LogP contribution in [0.3, 0.4) is 0 Å². The second-order valence-corrected chi connectivity index (χ2v) is 6.48. The van der Waals surface area contributed by atoms with Gasteiger partial charge in [0.05, 0.1) is 0 Å². The Labute approximate surface area is 144 Å². The second-order valence-electron chi connectivity index (χ2n) is 6.48. The SMILES string of the molecule is Cc1cccc(NC(=O)N(C)Cc2ccccc2N2CCCC2)c1. The number of carbonyl (C=O) groups is 1. The van der Waals surface area contributed by atoms with Crippen molar-refractivity contribution in [2.24, 2.45) is 0 Å². The Morgan fingerprint density at radius 1 is 1.12 bits per heavy atom. The molecule has 0 aliphatic carbocycles. The summed E-state index contributed by atoms with van der Waals surface area (Å²) in [5, 5.41) is 2.97. The number of para-hydroxylation sites is 1. The molecule has 4 nitrogen and oxygen atoms in total. The molecule has 1 heterocycles. The summed E-state index contributed by atoms with van der Waals surface area (Å²) < 4.78 is 0. The van der Waals surface area contributed by atoms with Gasteiger partial charge < -0.3 is 15.1 Å². The molecule has 0 aromatic heterocycles. The molecule has 2 aromatic rings. The van der Waals surface area contributed by atoms with Gasteiger partial charge in [0.2, 0.25) is 0 Å². The van der Waals surface area contributed by atoms with Crippen molar-refractivity contribution < 1.29 is 4.79 Å². The first-order valence-corrected chi connectivity index (χ1v) is 8.55. The van der Waals surface area contributed by atoms with Crippen molar-refractivity contribution in [3.05, 3.63) is 59.7 Å². The van der Waals surface area contributed by atoms with E-state index in [4.69, 9.17) is 0 Å². The molecule has 4 heteroatoms. The first kappa shape index (κ1) is 16.4. The zero-order valence-corrected chi connectivity index (χ0v) is 14.5. The molecular weight excluding hydrogens is 298 g/mol. The summed E-state index contributed by atoms with van der Waals surface area (Å²) in [6, 6.07) is 16.2. The molecule has 3 rings (SSSR count). The van der Waals surface area contributed by atoms with Crippen molar-refractivity contribution >= 4 is 17.4 Å². The van der Waals surface area contributed by atoms with E-state index in [0.717, 1.165) is 24.3 Å². The minimum absolute atomic E-state index is 0.0863. The predicted octanol–water partition coefficient (Wildman–Crippen LogP) is 4.26. The summed E-state index contributed by atoms with van der Waals surface area (Å²) in [4.78, 5) is 16.6. The Morgan fingerprint density at radius 2 is 1.88 bits per heavy atom. The van der Waals surface area contributed by atoms with E-state index in [-0.39, 0.29) is 6.03 Å². The molecule has 0 bridgehead atoms. The molecule has 1 saturated heterocycles. The number of nitrogens with one attached hydrogen (secondary N) is 1. The van der Waals surface area contributed by atoms with Crippen molar-refractivity contribution in [3.8, 4) is 0 Å². The molecular formula is C20H25N3O. The third kappa shape index (κ3) is 3.88. The summed E-state index contributed by atoms with van der Waals surface area (Å²) in [6.45, 7) is 4.84. The van der Waals surface area contributed by atoms with Crippen LogP contribution in [0, 0.1) is 6.92 Å². The maximum atomic E-state index is 12.5. The Hall–Kier alpha value is -2.49. The lowest BCUT2D eigenvalue weighted by Crippen LogP contribution is -2.31. The van der Waals surface area contributed by atoms with Crippen LogP contribution in [0.25, 0.3) is 0 Å². The third-order valence-corrected chi connectivity index (χ3v) is 4.46. The van der Waals surface area contributed by atoms with Gasteiger partial charge in [-0.1, -0.05) is 30.3 Å². The van der Waals surface area contributed by atoms with Crippen LogP contribution < -0.4 is 10.2 Å². The minimum atomic E-state index is -0.0863. The van der Waals surface area contributed by atoms with Gasteiger partial charge in [-0.2, -0.15) is 0 Å². The standard InChI is InChI=1S/C20H25N3O/c1-16-8-7-10-18(14-16)21-20(24)22(2)15-17-9-3-4-11-19(17)23-12-5-6-13-23/h3-4,7-11,14H,5-6,12-13,15H2,1-2H3,(H,21,24). The first-order valence-electron chi connectivity index (χ1n) is 8.55. The number of hydrogen-bond donors (Lipinski definition) is 1. The van der Waals surface area contributed by atoms with Gasteiger partial charge in [0.1, 0.15) is 0 Å². The van der Waals surface area contributed by atoms with Crippen LogP contribution in [0.5, 0.6) is 0 Å². The van der Waals surface area contributed by atoms with Crippen LogP contribution in [0.15, 0.2) is 48.5 Å². The average Bonchev–Trinajstić information content (AvgIpc) is 3.09. The molecule has 1 fully saturated rings. The third-order valence-electron chi connectivity index (χ3n) is 4.46. The van der Waals surface area contributed by atoms with E-state index in [0.29, 0.717) is 6.54 Å². The number of nitrogens with zero attached hydrogens (tertiary/aromatic N) is 2. The number of carbonyl (C=O) groups excluding carboxylic acids is 1. The zero-order valence-electron chi connectivity index (χ0n) is 14.5. The first-order chi connectivity index (χ1) is 11.6. The van der Waals surface area contributed by atoms with Gasteiger partial charge in [0.15, 0.2) is 0 Å². The Kier molecular flexibility index (Phi) is 5.04. The Bertz CT molecular complexity index is 708. The van der Waals surface area contributed by atoms with Crippen molar-refractivity contribution in [1.82, 2.24) is 4.90 Å². The average molecular weight is 323 g/mol. The summed E-state index contributed by atoms with van der Waals surface area (Å²) in [5.41, 5.74) is 4.42. The topological polar surface area (TPSA) is 35.6 Å². The van der Waals surface area contributed by atoms with Crippen LogP contribution in [-0.2, 0) is 6.54 Å². The lowest BCUT2D eigenvalue weighted by atomic mass is 10.1. The van der Waals surface area contributed by atoms with E-state index in [2.05, 4.69) is 28.4 Å². The number of aryl methyl sites for hydroxylation is 1. The summed E-state index contributed by atoms with van der Waals surface area (Å²) >= 11 is 0. The molecule has 0 unspecified atom stereocenters. The van der Waals surface area contributed by atoms with E-state index >= 15 is 0 Å². The number of benzene rings is 2. The monoisotopic (exact) mass is 323 g/mol. The van der Waals surface area contributed by atoms with Crippen LogP contribution >= 0.6 is 0 Å². The molecule has 0 spiro atoms. The molecule has 2 amide bonds. The lowest BCUT2D eigenvalue weighted by molar-refractivity contribution is 0.220. The highest BCUT2D eigenvalue weighted by Crippen LogP contribution is 2.25. The largest absolute Gasteiger partial charge is 0.371 e.